The Hall–Kier alpha value is -2.23. The first-order valence-corrected chi connectivity index (χ1v) is 13.8. The van der Waals surface area contributed by atoms with E-state index < -0.39 is 41.4 Å². The fourth-order valence-electron chi connectivity index (χ4n) is 5.85. The van der Waals surface area contributed by atoms with E-state index in [9.17, 15) is 19.2 Å². The third-order valence-corrected chi connectivity index (χ3v) is 11.1. The van der Waals surface area contributed by atoms with Crippen molar-refractivity contribution in [2.75, 3.05) is 7.11 Å². The summed E-state index contributed by atoms with van der Waals surface area (Å²) in [6.45, 7) is 1.52. The van der Waals surface area contributed by atoms with Crippen LogP contribution in [0.4, 0.5) is 0 Å². The van der Waals surface area contributed by atoms with Gasteiger partial charge in [0.05, 0.1) is 29.5 Å². The van der Waals surface area contributed by atoms with Gasteiger partial charge in [-0.15, -0.1) is 0 Å². The molecule has 5 rings (SSSR count). The highest BCUT2D eigenvalue weighted by Gasteiger charge is 2.68. The van der Waals surface area contributed by atoms with Gasteiger partial charge in [0, 0.05) is 15.2 Å². The maximum absolute atomic E-state index is 13.9. The molecule has 3 fully saturated rings. The molecular weight excluding hydrogens is 616 g/mol. The standard InChI is InChI=1S/C26H23Br2ClN2O5/c1-12(23(32)13-7-9-14(36-2)10-8-13)30(24(33)15-5-3-4-6-18(15)29)31-25(34)19-16-11-17(20(19)26(31)35)22(28)21(16)27/h3-10,12,16-17,19-22H,11H2,1-2H3/t12-,16+,17+,19+,20+,21-,22-/m0/s1. The van der Waals surface area contributed by atoms with Gasteiger partial charge in [-0.1, -0.05) is 55.6 Å². The summed E-state index contributed by atoms with van der Waals surface area (Å²) in [4.78, 5) is 55.0. The average Bonchev–Trinajstić information content (AvgIpc) is 3.49. The lowest BCUT2D eigenvalue weighted by Crippen LogP contribution is -2.57. The second kappa shape index (κ2) is 9.58. The maximum atomic E-state index is 13.9. The second-order valence-corrected chi connectivity index (χ2v) is 11.9. The van der Waals surface area contributed by atoms with E-state index in [1.165, 1.54) is 20.1 Å². The van der Waals surface area contributed by atoms with Crippen LogP contribution in [0.25, 0.3) is 0 Å². The molecule has 3 aliphatic rings. The van der Waals surface area contributed by atoms with Crippen molar-refractivity contribution in [1.82, 2.24) is 10.0 Å². The number of ketones is 1. The molecule has 0 aromatic heterocycles. The summed E-state index contributed by atoms with van der Waals surface area (Å²) in [5.41, 5.74) is 0.423. The smallest absolute Gasteiger partial charge is 0.275 e. The van der Waals surface area contributed by atoms with Crippen LogP contribution in [0.2, 0.25) is 5.02 Å². The first-order valence-electron chi connectivity index (χ1n) is 11.6. The van der Waals surface area contributed by atoms with Crippen LogP contribution in [0.3, 0.4) is 0 Å². The molecular formula is C26H23Br2ClN2O5. The number of halogens is 3. The number of rotatable bonds is 6. The number of hydrogen-bond donors (Lipinski definition) is 0. The lowest BCUT2D eigenvalue weighted by molar-refractivity contribution is -0.157. The molecule has 7 atom stereocenters. The number of benzene rings is 2. The number of amides is 3. The van der Waals surface area contributed by atoms with Gasteiger partial charge >= 0.3 is 0 Å². The van der Waals surface area contributed by atoms with Crippen molar-refractivity contribution in [3.63, 3.8) is 0 Å². The third-order valence-electron chi connectivity index (χ3n) is 7.61. The summed E-state index contributed by atoms with van der Waals surface area (Å²) in [5, 5.41) is 2.08. The van der Waals surface area contributed by atoms with E-state index in [-0.39, 0.29) is 32.1 Å². The van der Waals surface area contributed by atoms with Gasteiger partial charge in [0.1, 0.15) is 11.8 Å². The minimum atomic E-state index is -1.15. The molecule has 36 heavy (non-hydrogen) atoms. The molecule has 188 valence electrons. The third kappa shape index (κ3) is 3.82. The van der Waals surface area contributed by atoms with Crippen molar-refractivity contribution in [1.29, 1.82) is 0 Å². The van der Waals surface area contributed by atoms with Crippen LogP contribution >= 0.6 is 43.5 Å². The minimum absolute atomic E-state index is 0.0318. The molecule has 1 saturated heterocycles. The number of alkyl halides is 2. The quantitative estimate of drug-likeness (QED) is 0.259. The summed E-state index contributed by atoms with van der Waals surface area (Å²) in [6.07, 6.45) is 0.755. The number of imide groups is 1. The van der Waals surface area contributed by atoms with Crippen molar-refractivity contribution in [2.45, 2.75) is 29.0 Å². The molecule has 1 heterocycles. The van der Waals surface area contributed by atoms with Crippen molar-refractivity contribution >= 4 is 67.0 Å². The van der Waals surface area contributed by atoms with E-state index in [1.807, 2.05) is 0 Å². The molecule has 3 amide bonds. The van der Waals surface area contributed by atoms with E-state index in [4.69, 9.17) is 16.3 Å². The van der Waals surface area contributed by atoms with Crippen LogP contribution in [-0.4, -0.2) is 56.3 Å². The van der Waals surface area contributed by atoms with Crippen LogP contribution in [-0.2, 0) is 9.59 Å². The molecule has 2 aliphatic carbocycles. The number of nitrogens with zero attached hydrogens (tertiary/aromatic N) is 2. The molecule has 0 N–H and O–H groups in total. The predicted molar refractivity (Wildman–Crippen MR) is 140 cm³/mol. The maximum Gasteiger partial charge on any atom is 0.275 e. The zero-order chi connectivity index (χ0) is 25.9. The summed E-state index contributed by atoms with van der Waals surface area (Å²) in [6, 6.07) is 11.7. The molecule has 10 heteroatoms. The van der Waals surface area contributed by atoms with Gasteiger partial charge in [-0.3, -0.25) is 19.2 Å². The van der Waals surface area contributed by atoms with E-state index in [0.717, 1.165) is 16.4 Å². The SMILES string of the molecule is COc1ccc(C(=O)[C@H](C)N(C(=O)c2ccccc2Cl)N2C(=O)[C@@H]3[C@H]4C[C@@H]([C@H](Br)[C@H]4Br)[C@H]3C2=O)cc1. The summed E-state index contributed by atoms with van der Waals surface area (Å²) >= 11 is 13.7. The van der Waals surface area contributed by atoms with E-state index >= 15 is 0 Å². The lowest BCUT2D eigenvalue weighted by atomic mass is 9.81. The zero-order valence-electron chi connectivity index (χ0n) is 19.4. The monoisotopic (exact) mass is 636 g/mol. The van der Waals surface area contributed by atoms with Crippen molar-refractivity contribution in [3.8, 4) is 5.75 Å². The van der Waals surface area contributed by atoms with Gasteiger partial charge in [-0.05, 0) is 61.6 Å². The van der Waals surface area contributed by atoms with Gasteiger partial charge in [-0.25, -0.2) is 5.01 Å². The van der Waals surface area contributed by atoms with Crippen LogP contribution in [0.15, 0.2) is 48.5 Å². The largest absolute Gasteiger partial charge is 0.497 e. The number of carbonyl (C=O) groups is 4. The number of Topliss-reactive ketones (excluding diaryl/α,β-unsaturated/α-hetero) is 1. The molecule has 2 aromatic carbocycles. The molecule has 2 aromatic rings. The van der Waals surface area contributed by atoms with Gasteiger partial charge < -0.3 is 4.74 Å². The fourth-order valence-corrected chi connectivity index (χ4v) is 7.94. The van der Waals surface area contributed by atoms with E-state index in [0.29, 0.717) is 11.3 Å². The molecule has 7 nitrogen and oxygen atoms in total. The molecule has 0 radical (unpaired) electrons. The van der Waals surface area contributed by atoms with Crippen molar-refractivity contribution in [2.24, 2.45) is 23.7 Å². The average molecular weight is 639 g/mol. The number of ether oxygens (including phenoxy) is 1. The van der Waals surface area contributed by atoms with Gasteiger partial charge in [0.25, 0.3) is 17.7 Å². The predicted octanol–water partition coefficient (Wildman–Crippen LogP) is 4.76. The Morgan fingerprint density at radius 1 is 1.00 bits per heavy atom. The van der Waals surface area contributed by atoms with E-state index in [2.05, 4.69) is 31.9 Å². The topological polar surface area (TPSA) is 84.0 Å². The van der Waals surface area contributed by atoms with Crippen LogP contribution in [0.5, 0.6) is 5.75 Å². The van der Waals surface area contributed by atoms with Gasteiger partial charge in [0.2, 0.25) is 0 Å². The first-order chi connectivity index (χ1) is 17.2. The Balaban J connectivity index is 1.55. The molecule has 2 bridgehead atoms. The zero-order valence-corrected chi connectivity index (χ0v) is 23.4. The Morgan fingerprint density at radius 2 is 1.56 bits per heavy atom. The number of methoxy groups -OCH3 is 1. The second-order valence-electron chi connectivity index (χ2n) is 9.39. The first kappa shape index (κ1) is 25.4. The summed E-state index contributed by atoms with van der Waals surface area (Å²) in [7, 11) is 1.52. The van der Waals surface area contributed by atoms with Crippen LogP contribution in [0, 0.1) is 23.7 Å². The van der Waals surface area contributed by atoms with Gasteiger partial charge in [0.15, 0.2) is 5.78 Å². The number of carbonyl (C=O) groups excluding carboxylic acids is 4. The Morgan fingerprint density at radius 3 is 2.08 bits per heavy atom. The Labute approximate surface area is 230 Å². The fraction of sp³-hybridized carbons (Fsp3) is 0.385. The number of hydrogen-bond acceptors (Lipinski definition) is 5. The molecule has 1 aliphatic heterocycles. The van der Waals surface area contributed by atoms with Gasteiger partial charge in [-0.2, -0.15) is 5.01 Å². The van der Waals surface area contributed by atoms with Crippen LogP contribution < -0.4 is 4.74 Å². The van der Waals surface area contributed by atoms with Crippen molar-refractivity contribution < 1.29 is 23.9 Å². The minimum Gasteiger partial charge on any atom is -0.497 e. The lowest BCUT2D eigenvalue weighted by Gasteiger charge is -2.35. The highest BCUT2D eigenvalue weighted by molar-refractivity contribution is 9.12. The van der Waals surface area contributed by atoms with Crippen LogP contribution in [0.1, 0.15) is 34.1 Å². The van der Waals surface area contributed by atoms with E-state index in [1.54, 1.807) is 42.5 Å². The highest BCUT2D eigenvalue weighted by atomic mass is 79.9. The highest BCUT2D eigenvalue weighted by Crippen LogP contribution is 2.60. The number of hydrazine groups is 1. The number of fused-ring (bicyclic) bond motifs is 5. The molecule has 2 saturated carbocycles. The Kier molecular flexibility index (Phi) is 6.76. The molecule has 0 spiro atoms. The summed E-state index contributed by atoms with van der Waals surface area (Å²) < 4.78 is 5.17. The normalized spacial score (nSPS) is 29.3. The summed E-state index contributed by atoms with van der Waals surface area (Å²) in [5.74, 6) is -2.56. The Bertz CT molecular complexity index is 1220. The van der Waals surface area contributed by atoms with Crippen molar-refractivity contribution in [3.05, 3.63) is 64.7 Å². The molecule has 0 unspecified atom stereocenters.